The molecule has 1 atom stereocenters. The highest BCUT2D eigenvalue weighted by Gasteiger charge is 2.29. The fraction of sp³-hybridized carbons (Fsp3) is 0.440. The largest absolute Gasteiger partial charge is 0.491 e. The Balaban J connectivity index is 1.54. The topological polar surface area (TPSA) is 58.6 Å². The molecule has 2 aromatic carbocycles. The molecule has 0 bridgehead atoms. The Morgan fingerprint density at radius 2 is 1.73 bits per heavy atom. The predicted octanol–water partition coefficient (Wildman–Crippen LogP) is 4.51. The Bertz CT molecular complexity index is 885. The molecule has 0 aromatic heterocycles. The molecule has 5 heteroatoms. The lowest BCUT2D eigenvalue weighted by molar-refractivity contribution is -0.127. The van der Waals surface area contributed by atoms with Crippen LogP contribution in [-0.4, -0.2) is 35.9 Å². The number of nitrogens with zero attached hydrogens (tertiary/aromatic N) is 1. The summed E-state index contributed by atoms with van der Waals surface area (Å²) in [6.45, 7) is 9.15. The molecular weight excluding hydrogens is 376 g/mol. The van der Waals surface area contributed by atoms with E-state index in [1.54, 1.807) is 0 Å². The van der Waals surface area contributed by atoms with Crippen LogP contribution in [0.3, 0.4) is 0 Å². The predicted molar refractivity (Wildman–Crippen MR) is 119 cm³/mol. The normalized spacial score (nSPS) is 15.7. The number of nitrogens with one attached hydrogen (secondary N) is 1. The van der Waals surface area contributed by atoms with E-state index in [-0.39, 0.29) is 29.9 Å². The van der Waals surface area contributed by atoms with Crippen LogP contribution >= 0.6 is 0 Å². The molecule has 2 aromatic rings. The van der Waals surface area contributed by atoms with Crippen molar-refractivity contribution in [3.8, 4) is 5.75 Å². The van der Waals surface area contributed by atoms with Gasteiger partial charge < -0.3 is 15.0 Å². The van der Waals surface area contributed by atoms with Crippen LogP contribution in [0.4, 0.5) is 0 Å². The second-order valence-electron chi connectivity index (χ2n) is 8.35. The van der Waals surface area contributed by atoms with E-state index in [1.165, 1.54) is 0 Å². The zero-order chi connectivity index (χ0) is 21.7. The van der Waals surface area contributed by atoms with Crippen molar-refractivity contribution in [3.63, 3.8) is 0 Å². The van der Waals surface area contributed by atoms with Crippen LogP contribution in [0, 0.1) is 12.8 Å². The van der Waals surface area contributed by atoms with Crippen LogP contribution in [0.1, 0.15) is 61.1 Å². The van der Waals surface area contributed by atoms with Crippen molar-refractivity contribution in [3.05, 3.63) is 65.2 Å². The second-order valence-corrected chi connectivity index (χ2v) is 8.35. The van der Waals surface area contributed by atoms with Crippen molar-refractivity contribution in [2.75, 3.05) is 13.1 Å². The summed E-state index contributed by atoms with van der Waals surface area (Å²) >= 11 is 0. The van der Waals surface area contributed by atoms with Crippen LogP contribution in [0.2, 0.25) is 0 Å². The molecule has 3 rings (SSSR count). The van der Waals surface area contributed by atoms with Gasteiger partial charge in [-0.05, 0) is 69.9 Å². The Kier molecular flexibility index (Phi) is 7.14. The monoisotopic (exact) mass is 408 g/mol. The minimum Gasteiger partial charge on any atom is -0.491 e. The molecular formula is C25H32N2O3. The Labute approximate surface area is 179 Å². The SMILES string of the molecule is Cc1ccccc1C(=O)N1CCC(C(=O)N[C@H](C)c2cccc(OC(C)C)c2)CC1. The number of amides is 2. The Morgan fingerprint density at radius 3 is 2.40 bits per heavy atom. The van der Waals surface area contributed by atoms with E-state index in [0.29, 0.717) is 25.9 Å². The molecule has 0 spiro atoms. The summed E-state index contributed by atoms with van der Waals surface area (Å²) < 4.78 is 5.76. The molecule has 0 aliphatic carbocycles. The van der Waals surface area contributed by atoms with Gasteiger partial charge in [0, 0.05) is 24.6 Å². The van der Waals surface area contributed by atoms with Gasteiger partial charge >= 0.3 is 0 Å². The molecule has 0 saturated carbocycles. The van der Waals surface area contributed by atoms with Gasteiger partial charge in [-0.2, -0.15) is 0 Å². The van der Waals surface area contributed by atoms with Crippen molar-refractivity contribution >= 4 is 11.8 Å². The molecule has 1 heterocycles. The summed E-state index contributed by atoms with van der Waals surface area (Å²) in [6.07, 6.45) is 1.48. The maximum atomic E-state index is 12.8. The molecule has 1 aliphatic heterocycles. The van der Waals surface area contributed by atoms with Gasteiger partial charge in [-0.15, -0.1) is 0 Å². The van der Waals surface area contributed by atoms with Gasteiger partial charge in [0.2, 0.25) is 5.91 Å². The molecule has 30 heavy (non-hydrogen) atoms. The summed E-state index contributed by atoms with van der Waals surface area (Å²) in [7, 11) is 0. The summed E-state index contributed by atoms with van der Waals surface area (Å²) in [5, 5.41) is 3.13. The lowest BCUT2D eigenvalue weighted by atomic mass is 9.94. The summed E-state index contributed by atoms with van der Waals surface area (Å²) in [5.41, 5.74) is 2.76. The third-order valence-corrected chi connectivity index (χ3v) is 5.62. The van der Waals surface area contributed by atoms with E-state index < -0.39 is 0 Å². The molecule has 1 saturated heterocycles. The molecule has 5 nitrogen and oxygen atoms in total. The molecule has 1 N–H and O–H groups in total. The molecule has 1 fully saturated rings. The van der Waals surface area contributed by atoms with Crippen LogP contribution in [0.15, 0.2) is 48.5 Å². The number of likely N-dealkylation sites (tertiary alicyclic amines) is 1. The fourth-order valence-corrected chi connectivity index (χ4v) is 3.87. The van der Waals surface area contributed by atoms with Crippen molar-refractivity contribution in [1.82, 2.24) is 10.2 Å². The highest BCUT2D eigenvalue weighted by atomic mass is 16.5. The van der Waals surface area contributed by atoms with Crippen LogP contribution in [0.5, 0.6) is 5.75 Å². The first-order valence-electron chi connectivity index (χ1n) is 10.8. The fourth-order valence-electron chi connectivity index (χ4n) is 3.87. The lowest BCUT2D eigenvalue weighted by Gasteiger charge is -2.32. The van der Waals surface area contributed by atoms with Crippen molar-refractivity contribution in [2.24, 2.45) is 5.92 Å². The number of ether oxygens (including phenoxy) is 1. The molecule has 0 radical (unpaired) electrons. The third kappa shape index (κ3) is 5.41. The van der Waals surface area contributed by atoms with E-state index in [0.717, 1.165) is 22.4 Å². The van der Waals surface area contributed by atoms with E-state index in [2.05, 4.69) is 5.32 Å². The summed E-state index contributed by atoms with van der Waals surface area (Å²) in [6, 6.07) is 15.4. The minimum absolute atomic E-state index is 0.0562. The number of hydrogen-bond acceptors (Lipinski definition) is 3. The standard InChI is InChI=1S/C25H32N2O3/c1-17(2)30-22-10-7-9-21(16-22)19(4)26-24(28)20-12-14-27(15-13-20)25(29)23-11-6-5-8-18(23)3/h5-11,16-17,19-20H,12-15H2,1-4H3,(H,26,28)/t19-/m1/s1. The number of hydrogen-bond donors (Lipinski definition) is 1. The smallest absolute Gasteiger partial charge is 0.254 e. The highest BCUT2D eigenvalue weighted by molar-refractivity contribution is 5.95. The van der Waals surface area contributed by atoms with E-state index >= 15 is 0 Å². The Morgan fingerprint density at radius 1 is 1.03 bits per heavy atom. The molecule has 1 aliphatic rings. The maximum absolute atomic E-state index is 12.8. The summed E-state index contributed by atoms with van der Waals surface area (Å²) in [4.78, 5) is 27.4. The van der Waals surface area contributed by atoms with Gasteiger partial charge in [0.05, 0.1) is 12.1 Å². The second kappa shape index (κ2) is 9.79. The number of piperidine rings is 1. The van der Waals surface area contributed by atoms with Gasteiger partial charge in [-0.3, -0.25) is 9.59 Å². The van der Waals surface area contributed by atoms with Crippen LogP contribution in [0.25, 0.3) is 0 Å². The van der Waals surface area contributed by atoms with Gasteiger partial charge in [0.1, 0.15) is 5.75 Å². The van der Waals surface area contributed by atoms with Gasteiger partial charge in [-0.25, -0.2) is 0 Å². The van der Waals surface area contributed by atoms with E-state index in [9.17, 15) is 9.59 Å². The summed E-state index contributed by atoms with van der Waals surface area (Å²) in [5.74, 6) is 0.859. The maximum Gasteiger partial charge on any atom is 0.254 e. The van der Waals surface area contributed by atoms with Crippen molar-refractivity contribution in [2.45, 2.75) is 52.7 Å². The van der Waals surface area contributed by atoms with Crippen molar-refractivity contribution in [1.29, 1.82) is 0 Å². The lowest BCUT2D eigenvalue weighted by Crippen LogP contribution is -2.43. The Hall–Kier alpha value is -2.82. The number of carbonyl (C=O) groups excluding carboxylic acids is 2. The van der Waals surface area contributed by atoms with Gasteiger partial charge in [0.25, 0.3) is 5.91 Å². The first-order chi connectivity index (χ1) is 14.3. The van der Waals surface area contributed by atoms with E-state index in [4.69, 9.17) is 4.74 Å². The number of aryl methyl sites for hydroxylation is 1. The number of rotatable bonds is 6. The van der Waals surface area contributed by atoms with Crippen LogP contribution < -0.4 is 10.1 Å². The van der Waals surface area contributed by atoms with Crippen LogP contribution in [-0.2, 0) is 4.79 Å². The zero-order valence-electron chi connectivity index (χ0n) is 18.4. The third-order valence-electron chi connectivity index (χ3n) is 5.62. The van der Waals surface area contributed by atoms with E-state index in [1.807, 2.05) is 81.1 Å². The molecule has 0 unspecified atom stereocenters. The number of carbonyl (C=O) groups is 2. The zero-order valence-corrected chi connectivity index (χ0v) is 18.4. The average molecular weight is 409 g/mol. The molecule has 2 amide bonds. The van der Waals surface area contributed by atoms with Gasteiger partial charge in [0.15, 0.2) is 0 Å². The first-order valence-corrected chi connectivity index (χ1v) is 10.8. The minimum atomic E-state index is -0.0974. The highest BCUT2D eigenvalue weighted by Crippen LogP contribution is 2.23. The average Bonchev–Trinajstić information content (AvgIpc) is 2.73. The first kappa shape index (κ1) is 21.9. The quantitative estimate of drug-likeness (QED) is 0.765. The van der Waals surface area contributed by atoms with Crippen molar-refractivity contribution < 1.29 is 14.3 Å². The van der Waals surface area contributed by atoms with Gasteiger partial charge in [-0.1, -0.05) is 30.3 Å². The molecule has 160 valence electrons. The number of benzene rings is 2.